The fourth-order valence-electron chi connectivity index (χ4n) is 2.46. The largest absolute Gasteiger partial charge is 0.358 e. The summed E-state index contributed by atoms with van der Waals surface area (Å²) < 4.78 is 24.4. The number of fused-ring (bicyclic) bond motifs is 1. The number of nitrogens with zero attached hydrogens (tertiary/aromatic N) is 1. The lowest BCUT2D eigenvalue weighted by molar-refractivity contribution is 0.562. The lowest BCUT2D eigenvalue weighted by atomic mass is 10.2. The molecule has 0 radical (unpaired) electrons. The summed E-state index contributed by atoms with van der Waals surface area (Å²) in [4.78, 5) is 4.57. The van der Waals surface area contributed by atoms with Crippen LogP contribution >= 0.6 is 11.3 Å². The predicted octanol–water partition coefficient (Wildman–Crippen LogP) is 2.59. The van der Waals surface area contributed by atoms with Gasteiger partial charge in [-0.1, -0.05) is 23.5 Å². The van der Waals surface area contributed by atoms with E-state index in [1.54, 1.807) is 11.3 Å². The lowest BCUT2D eigenvalue weighted by Crippen LogP contribution is -2.34. The number of benzene rings is 1. The van der Waals surface area contributed by atoms with Crippen LogP contribution in [0.1, 0.15) is 18.4 Å². The minimum absolute atomic E-state index is 0.000353. The van der Waals surface area contributed by atoms with Gasteiger partial charge in [-0.3, -0.25) is 0 Å². The molecule has 1 N–H and O–H groups in total. The Balaban J connectivity index is 1.84. The van der Waals surface area contributed by atoms with Crippen molar-refractivity contribution in [1.82, 2.24) is 4.98 Å². The zero-order valence-corrected chi connectivity index (χ0v) is 12.4. The maximum Gasteiger partial charge on any atom is 0.184 e. The molecule has 1 aromatic heterocycles. The van der Waals surface area contributed by atoms with Crippen LogP contribution in [-0.4, -0.2) is 30.9 Å². The van der Waals surface area contributed by atoms with Gasteiger partial charge in [0, 0.05) is 6.04 Å². The Bertz CT molecular complexity index is 707. The van der Waals surface area contributed by atoms with Crippen LogP contribution in [0.2, 0.25) is 0 Å². The predicted molar refractivity (Wildman–Crippen MR) is 79.7 cm³/mol. The van der Waals surface area contributed by atoms with Crippen LogP contribution in [0.15, 0.2) is 18.2 Å². The first-order valence-electron chi connectivity index (χ1n) is 6.37. The average Bonchev–Trinajstić information content (AvgIpc) is 2.71. The van der Waals surface area contributed by atoms with E-state index in [9.17, 15) is 8.42 Å². The Kier molecular flexibility index (Phi) is 3.22. The van der Waals surface area contributed by atoms with Crippen molar-refractivity contribution in [2.45, 2.75) is 25.8 Å². The molecule has 0 amide bonds. The quantitative estimate of drug-likeness (QED) is 0.925. The highest BCUT2D eigenvalue weighted by Crippen LogP contribution is 2.29. The van der Waals surface area contributed by atoms with Gasteiger partial charge in [-0.05, 0) is 31.4 Å². The highest BCUT2D eigenvalue weighted by atomic mass is 32.2. The van der Waals surface area contributed by atoms with Gasteiger partial charge in [0.1, 0.15) is 0 Å². The molecule has 1 aliphatic rings. The van der Waals surface area contributed by atoms with E-state index in [2.05, 4.69) is 10.3 Å². The third kappa shape index (κ3) is 2.74. The smallest absolute Gasteiger partial charge is 0.184 e. The molecule has 6 heteroatoms. The van der Waals surface area contributed by atoms with Crippen LogP contribution in [0.4, 0.5) is 5.13 Å². The first kappa shape index (κ1) is 12.9. The summed E-state index contributed by atoms with van der Waals surface area (Å²) in [6.07, 6.45) is 1.64. The molecule has 2 aromatic rings. The van der Waals surface area contributed by atoms with Gasteiger partial charge in [0.2, 0.25) is 0 Å². The topological polar surface area (TPSA) is 59.1 Å². The maximum absolute atomic E-state index is 11.6. The van der Waals surface area contributed by atoms with Gasteiger partial charge in [-0.2, -0.15) is 0 Å². The Hall–Kier alpha value is -1.14. The third-order valence-electron chi connectivity index (χ3n) is 3.41. The summed E-state index contributed by atoms with van der Waals surface area (Å²) in [7, 11) is -2.88. The Morgan fingerprint density at radius 1 is 1.42 bits per heavy atom. The van der Waals surface area contributed by atoms with E-state index in [4.69, 9.17) is 0 Å². The van der Waals surface area contributed by atoms with Crippen molar-refractivity contribution >= 4 is 36.5 Å². The van der Waals surface area contributed by atoms with Crippen molar-refractivity contribution in [3.05, 3.63) is 23.8 Å². The second kappa shape index (κ2) is 4.76. The fraction of sp³-hybridized carbons (Fsp3) is 0.462. The zero-order valence-electron chi connectivity index (χ0n) is 10.7. The highest BCUT2D eigenvalue weighted by molar-refractivity contribution is 7.91. The Labute approximate surface area is 116 Å². The number of para-hydroxylation sites is 1. The van der Waals surface area contributed by atoms with E-state index in [0.717, 1.165) is 33.8 Å². The molecule has 4 nitrogen and oxygen atoms in total. The minimum Gasteiger partial charge on any atom is -0.358 e. The Morgan fingerprint density at radius 2 is 2.26 bits per heavy atom. The van der Waals surface area contributed by atoms with E-state index in [0.29, 0.717) is 5.75 Å². The normalized spacial score (nSPS) is 22.5. The van der Waals surface area contributed by atoms with Gasteiger partial charge in [0.05, 0.1) is 21.7 Å². The molecule has 2 heterocycles. The average molecular weight is 296 g/mol. The molecule has 0 bridgehead atoms. The molecular formula is C13H16N2O2S2. The number of sulfone groups is 1. The fourth-order valence-corrected chi connectivity index (χ4v) is 5.12. The molecule has 19 heavy (non-hydrogen) atoms. The number of aromatic nitrogens is 1. The highest BCUT2D eigenvalue weighted by Gasteiger charge is 2.25. The standard InChI is InChI=1S/C13H16N2O2S2/c1-9-4-2-6-11-12(9)15-13(18-11)14-10-5-3-7-19(16,17)8-10/h2,4,6,10H,3,5,7-8H2,1H3,(H,14,15). The summed E-state index contributed by atoms with van der Waals surface area (Å²) in [6, 6.07) is 6.10. The number of hydrogen-bond donors (Lipinski definition) is 1. The number of rotatable bonds is 2. The molecule has 0 spiro atoms. The van der Waals surface area contributed by atoms with Crippen LogP contribution in [0, 0.1) is 6.92 Å². The van der Waals surface area contributed by atoms with Gasteiger partial charge in [-0.25, -0.2) is 13.4 Å². The van der Waals surface area contributed by atoms with Gasteiger partial charge in [-0.15, -0.1) is 0 Å². The van der Waals surface area contributed by atoms with E-state index >= 15 is 0 Å². The van der Waals surface area contributed by atoms with Crippen molar-refractivity contribution in [2.24, 2.45) is 0 Å². The van der Waals surface area contributed by atoms with E-state index in [1.165, 1.54) is 0 Å². The SMILES string of the molecule is Cc1cccc2sc(NC3CCCS(=O)(=O)C3)nc12. The Morgan fingerprint density at radius 3 is 3.00 bits per heavy atom. The summed E-state index contributed by atoms with van der Waals surface area (Å²) in [6.45, 7) is 2.04. The van der Waals surface area contributed by atoms with Crippen LogP contribution in [-0.2, 0) is 9.84 Å². The van der Waals surface area contributed by atoms with Crippen molar-refractivity contribution in [2.75, 3.05) is 16.8 Å². The minimum atomic E-state index is -2.88. The number of anilines is 1. The molecule has 1 atom stereocenters. The van der Waals surface area contributed by atoms with E-state index < -0.39 is 9.84 Å². The molecule has 1 aromatic carbocycles. The number of hydrogen-bond acceptors (Lipinski definition) is 5. The van der Waals surface area contributed by atoms with Crippen molar-refractivity contribution < 1.29 is 8.42 Å². The van der Waals surface area contributed by atoms with E-state index in [1.807, 2.05) is 25.1 Å². The molecule has 1 fully saturated rings. The number of thiazole rings is 1. The second-order valence-electron chi connectivity index (χ2n) is 5.04. The van der Waals surface area contributed by atoms with Crippen molar-refractivity contribution in [3.63, 3.8) is 0 Å². The molecule has 1 unspecified atom stereocenters. The molecule has 102 valence electrons. The van der Waals surface area contributed by atoms with Crippen molar-refractivity contribution in [3.8, 4) is 0 Å². The molecule has 1 aliphatic heterocycles. The second-order valence-corrected chi connectivity index (χ2v) is 8.30. The molecule has 0 saturated carbocycles. The molecular weight excluding hydrogens is 280 g/mol. The van der Waals surface area contributed by atoms with Crippen LogP contribution in [0.25, 0.3) is 10.2 Å². The zero-order chi connectivity index (χ0) is 13.5. The van der Waals surface area contributed by atoms with Gasteiger partial charge in [0.25, 0.3) is 0 Å². The third-order valence-corrected chi connectivity index (χ3v) is 6.18. The summed E-state index contributed by atoms with van der Waals surface area (Å²) in [5, 5.41) is 4.11. The molecule has 0 aliphatic carbocycles. The summed E-state index contributed by atoms with van der Waals surface area (Å²) >= 11 is 1.59. The molecule has 1 saturated heterocycles. The van der Waals surface area contributed by atoms with Gasteiger partial charge in [0.15, 0.2) is 15.0 Å². The number of nitrogens with one attached hydrogen (secondary N) is 1. The lowest BCUT2D eigenvalue weighted by Gasteiger charge is -2.22. The van der Waals surface area contributed by atoms with Crippen LogP contribution < -0.4 is 5.32 Å². The summed E-state index contributed by atoms with van der Waals surface area (Å²) in [5.74, 6) is 0.548. The van der Waals surface area contributed by atoms with E-state index in [-0.39, 0.29) is 11.8 Å². The number of aryl methyl sites for hydroxylation is 1. The molecule has 3 rings (SSSR count). The van der Waals surface area contributed by atoms with Gasteiger partial charge >= 0.3 is 0 Å². The van der Waals surface area contributed by atoms with Crippen molar-refractivity contribution in [1.29, 1.82) is 0 Å². The monoisotopic (exact) mass is 296 g/mol. The van der Waals surface area contributed by atoms with Crippen LogP contribution in [0.5, 0.6) is 0 Å². The maximum atomic E-state index is 11.6. The van der Waals surface area contributed by atoms with Gasteiger partial charge < -0.3 is 5.32 Å². The van der Waals surface area contributed by atoms with Crippen LogP contribution in [0.3, 0.4) is 0 Å². The summed E-state index contributed by atoms with van der Waals surface area (Å²) in [5.41, 5.74) is 2.16. The first-order chi connectivity index (χ1) is 9.03. The first-order valence-corrected chi connectivity index (χ1v) is 9.00.